The van der Waals surface area contributed by atoms with E-state index in [2.05, 4.69) is 53.0 Å². The minimum Gasteiger partial charge on any atom is -0.486 e. The molecular formula is C24H25FN2O. The molecule has 0 radical (unpaired) electrons. The van der Waals surface area contributed by atoms with Crippen molar-refractivity contribution in [3.05, 3.63) is 73.1 Å². The van der Waals surface area contributed by atoms with Crippen molar-refractivity contribution in [3.63, 3.8) is 0 Å². The maximum Gasteiger partial charge on any atom is 0.159 e. The predicted molar refractivity (Wildman–Crippen MR) is 114 cm³/mol. The van der Waals surface area contributed by atoms with Crippen molar-refractivity contribution in [1.29, 1.82) is 0 Å². The number of rotatable bonds is 9. The minimum atomic E-state index is -0.725. The van der Waals surface area contributed by atoms with Gasteiger partial charge in [-0.05, 0) is 48.6 Å². The fraction of sp³-hybridized carbons (Fsp3) is 0.250. The van der Waals surface area contributed by atoms with Crippen LogP contribution in [0.3, 0.4) is 0 Å². The van der Waals surface area contributed by atoms with Crippen LogP contribution in [0.25, 0.3) is 28.2 Å². The summed E-state index contributed by atoms with van der Waals surface area (Å²) in [6, 6.07) is 12.5. The number of ether oxygens (including phenoxy) is 1. The summed E-state index contributed by atoms with van der Waals surface area (Å²) in [4.78, 5) is 8.89. The highest BCUT2D eigenvalue weighted by molar-refractivity contribution is 5.96. The molecule has 0 amide bonds. The van der Waals surface area contributed by atoms with E-state index >= 15 is 0 Å². The van der Waals surface area contributed by atoms with E-state index in [1.54, 1.807) is 25.4 Å². The van der Waals surface area contributed by atoms with Crippen LogP contribution in [-0.2, 0) is 0 Å². The summed E-state index contributed by atoms with van der Waals surface area (Å²) in [5, 5.41) is 2.23. The van der Waals surface area contributed by atoms with Crippen molar-refractivity contribution in [1.82, 2.24) is 9.97 Å². The van der Waals surface area contributed by atoms with Gasteiger partial charge < -0.3 is 4.74 Å². The van der Waals surface area contributed by atoms with E-state index in [1.165, 1.54) is 0 Å². The second kappa shape index (κ2) is 9.79. The second-order valence-electron chi connectivity index (χ2n) is 6.74. The first-order valence-electron chi connectivity index (χ1n) is 9.57. The molecule has 3 rings (SSSR count). The topological polar surface area (TPSA) is 35.0 Å². The number of allylic oxidation sites excluding steroid dienone is 1. The van der Waals surface area contributed by atoms with E-state index in [1.807, 2.05) is 12.1 Å². The maximum absolute atomic E-state index is 12.8. The van der Waals surface area contributed by atoms with Crippen molar-refractivity contribution in [2.45, 2.75) is 32.4 Å². The Labute approximate surface area is 165 Å². The van der Waals surface area contributed by atoms with Crippen LogP contribution in [0, 0.1) is 0 Å². The molecular weight excluding hydrogens is 351 g/mol. The van der Waals surface area contributed by atoms with Crippen molar-refractivity contribution in [2.24, 2.45) is 0 Å². The zero-order chi connectivity index (χ0) is 19.8. The summed E-state index contributed by atoms with van der Waals surface area (Å²) >= 11 is 0. The number of benzene rings is 2. The maximum atomic E-state index is 12.8. The molecule has 0 fully saturated rings. The van der Waals surface area contributed by atoms with Crippen molar-refractivity contribution < 1.29 is 9.13 Å². The number of aromatic nitrogens is 2. The fourth-order valence-electron chi connectivity index (χ4n) is 3.02. The Morgan fingerprint density at radius 2 is 2.00 bits per heavy atom. The first kappa shape index (κ1) is 19.7. The molecule has 4 heteroatoms. The highest BCUT2D eigenvalue weighted by atomic mass is 19.1. The van der Waals surface area contributed by atoms with Crippen LogP contribution < -0.4 is 4.74 Å². The number of fused-ring (bicyclic) bond motifs is 1. The third-order valence-corrected chi connectivity index (χ3v) is 4.42. The Morgan fingerprint density at radius 3 is 2.75 bits per heavy atom. The standard InChI is InChI=1S/C24H25FN2O/c1-3-14-28-21-16-26-24(27-17-21)23-11-7-10-20-15-19(12-13-22(20)23)9-6-4-5-8-18(2)25/h3,6-7,9-13,15-18H,1,4-5,8,14H2,2H3. The van der Waals surface area contributed by atoms with Gasteiger partial charge in [0.25, 0.3) is 0 Å². The van der Waals surface area contributed by atoms with Gasteiger partial charge in [0.15, 0.2) is 11.6 Å². The summed E-state index contributed by atoms with van der Waals surface area (Å²) in [5.74, 6) is 1.29. The van der Waals surface area contributed by atoms with Crippen LogP contribution in [0.2, 0.25) is 0 Å². The molecule has 0 saturated carbocycles. The van der Waals surface area contributed by atoms with Gasteiger partial charge in [0.05, 0.1) is 18.6 Å². The molecule has 0 saturated heterocycles. The molecule has 0 bridgehead atoms. The minimum absolute atomic E-state index is 0.431. The largest absolute Gasteiger partial charge is 0.486 e. The number of hydrogen-bond acceptors (Lipinski definition) is 3. The number of nitrogens with zero attached hydrogens (tertiary/aromatic N) is 2. The van der Waals surface area contributed by atoms with Crippen molar-refractivity contribution >= 4 is 16.8 Å². The molecule has 0 spiro atoms. The molecule has 2 aromatic carbocycles. The van der Waals surface area contributed by atoms with Crippen LogP contribution >= 0.6 is 0 Å². The van der Waals surface area contributed by atoms with Gasteiger partial charge in [0.2, 0.25) is 0 Å². The monoisotopic (exact) mass is 376 g/mol. The SMILES string of the molecule is C=CCOc1cnc(-c2cccc3cc(C=CCCCC(C)F)ccc23)nc1. The quantitative estimate of drug-likeness (QED) is 0.320. The number of halogens is 1. The molecule has 0 N–H and O–H groups in total. The highest BCUT2D eigenvalue weighted by Crippen LogP contribution is 2.28. The first-order valence-corrected chi connectivity index (χ1v) is 9.57. The Bertz CT molecular complexity index is 948. The molecule has 1 unspecified atom stereocenters. The Morgan fingerprint density at radius 1 is 1.18 bits per heavy atom. The normalized spacial score (nSPS) is 12.4. The molecule has 1 atom stereocenters. The van der Waals surface area contributed by atoms with E-state index in [0.717, 1.165) is 34.7 Å². The lowest BCUT2D eigenvalue weighted by Crippen LogP contribution is -1.96. The molecule has 28 heavy (non-hydrogen) atoms. The van der Waals surface area contributed by atoms with Gasteiger partial charge >= 0.3 is 0 Å². The van der Waals surface area contributed by atoms with Crippen LogP contribution in [0.5, 0.6) is 5.75 Å². The van der Waals surface area contributed by atoms with E-state index in [0.29, 0.717) is 24.6 Å². The lowest BCUT2D eigenvalue weighted by molar-refractivity contribution is 0.335. The fourth-order valence-corrected chi connectivity index (χ4v) is 3.02. The molecule has 0 aliphatic rings. The van der Waals surface area contributed by atoms with Crippen molar-refractivity contribution in [3.8, 4) is 17.1 Å². The van der Waals surface area contributed by atoms with E-state index in [-0.39, 0.29) is 0 Å². The summed E-state index contributed by atoms with van der Waals surface area (Å²) in [5.41, 5.74) is 2.12. The Hall–Kier alpha value is -3.01. The molecule has 0 aliphatic heterocycles. The zero-order valence-corrected chi connectivity index (χ0v) is 16.1. The lowest BCUT2D eigenvalue weighted by Gasteiger charge is -2.08. The number of alkyl halides is 1. The van der Waals surface area contributed by atoms with Gasteiger partial charge in [-0.15, -0.1) is 0 Å². The molecule has 1 aromatic heterocycles. The Kier molecular flexibility index (Phi) is 6.90. The highest BCUT2D eigenvalue weighted by Gasteiger charge is 2.07. The van der Waals surface area contributed by atoms with Crippen LogP contribution in [-0.4, -0.2) is 22.7 Å². The molecule has 0 aliphatic carbocycles. The third kappa shape index (κ3) is 5.26. The average molecular weight is 376 g/mol. The number of hydrogen-bond donors (Lipinski definition) is 0. The molecule has 144 valence electrons. The smallest absolute Gasteiger partial charge is 0.159 e. The van der Waals surface area contributed by atoms with Gasteiger partial charge in [-0.25, -0.2) is 14.4 Å². The summed E-state index contributed by atoms with van der Waals surface area (Å²) in [6.45, 7) is 5.67. The Balaban J connectivity index is 1.78. The van der Waals surface area contributed by atoms with Crippen molar-refractivity contribution in [2.75, 3.05) is 6.61 Å². The van der Waals surface area contributed by atoms with E-state index in [4.69, 9.17) is 4.74 Å². The second-order valence-corrected chi connectivity index (χ2v) is 6.74. The first-order chi connectivity index (χ1) is 13.7. The van der Waals surface area contributed by atoms with Gasteiger partial charge in [0, 0.05) is 5.56 Å². The summed E-state index contributed by atoms with van der Waals surface area (Å²) in [7, 11) is 0. The lowest BCUT2D eigenvalue weighted by atomic mass is 10.0. The molecule has 3 nitrogen and oxygen atoms in total. The van der Waals surface area contributed by atoms with Gasteiger partial charge in [0.1, 0.15) is 6.61 Å². The molecule has 3 aromatic rings. The predicted octanol–water partition coefficient (Wildman–Crippen LogP) is 6.40. The summed E-state index contributed by atoms with van der Waals surface area (Å²) in [6.07, 6.45) is 10.9. The van der Waals surface area contributed by atoms with Crippen LogP contribution in [0.1, 0.15) is 31.7 Å². The van der Waals surface area contributed by atoms with Gasteiger partial charge in [-0.1, -0.05) is 55.1 Å². The molecule has 1 heterocycles. The summed E-state index contributed by atoms with van der Waals surface area (Å²) < 4.78 is 18.3. The van der Waals surface area contributed by atoms with Gasteiger partial charge in [-0.2, -0.15) is 0 Å². The van der Waals surface area contributed by atoms with E-state index in [9.17, 15) is 4.39 Å². The van der Waals surface area contributed by atoms with Gasteiger partial charge in [-0.3, -0.25) is 0 Å². The van der Waals surface area contributed by atoms with Crippen LogP contribution in [0.15, 0.2) is 67.5 Å². The number of unbranched alkanes of at least 4 members (excludes halogenated alkanes) is 1. The third-order valence-electron chi connectivity index (χ3n) is 4.42. The van der Waals surface area contributed by atoms with Crippen LogP contribution in [0.4, 0.5) is 4.39 Å². The van der Waals surface area contributed by atoms with E-state index < -0.39 is 6.17 Å². The average Bonchev–Trinajstić information content (AvgIpc) is 2.71. The zero-order valence-electron chi connectivity index (χ0n) is 16.1.